The van der Waals surface area contributed by atoms with Crippen molar-refractivity contribution in [3.05, 3.63) is 76.7 Å². The topological polar surface area (TPSA) is 95.3 Å². The van der Waals surface area contributed by atoms with Crippen molar-refractivity contribution in [3.8, 4) is 17.3 Å². The number of hydrogen-bond donors (Lipinski definition) is 1. The molecule has 0 unspecified atom stereocenters. The van der Waals surface area contributed by atoms with Gasteiger partial charge in [-0.1, -0.05) is 23.9 Å². The lowest BCUT2D eigenvalue weighted by molar-refractivity contribution is -0.113. The highest BCUT2D eigenvalue weighted by Crippen LogP contribution is 2.30. The Morgan fingerprint density at radius 1 is 1.06 bits per heavy atom. The Kier molecular flexibility index (Phi) is 7.67. The minimum absolute atomic E-state index is 0.0288. The van der Waals surface area contributed by atoms with Crippen LogP contribution in [0.2, 0.25) is 0 Å². The number of anilines is 1. The fraction of sp³-hybridized carbons (Fsp3) is 0.231. The van der Waals surface area contributed by atoms with Gasteiger partial charge in [-0.25, -0.2) is 14.5 Å². The molecule has 9 heteroatoms. The molecule has 180 valence electrons. The van der Waals surface area contributed by atoms with E-state index in [9.17, 15) is 9.59 Å². The number of fused-ring (bicyclic) bond motifs is 1. The number of rotatable bonds is 9. The van der Waals surface area contributed by atoms with E-state index >= 15 is 0 Å². The number of benzene rings is 2. The molecular weight excluding hydrogens is 464 g/mol. The molecule has 8 nitrogen and oxygen atoms in total. The molecule has 0 saturated heterocycles. The van der Waals surface area contributed by atoms with Gasteiger partial charge in [0.2, 0.25) is 5.91 Å². The van der Waals surface area contributed by atoms with Crippen LogP contribution in [0, 0.1) is 6.92 Å². The summed E-state index contributed by atoms with van der Waals surface area (Å²) in [5.41, 5.74) is 1.81. The number of pyridine rings is 1. The van der Waals surface area contributed by atoms with Crippen molar-refractivity contribution >= 4 is 34.3 Å². The minimum Gasteiger partial charge on any atom is -0.494 e. The average Bonchev–Trinajstić information content (AvgIpc) is 2.85. The van der Waals surface area contributed by atoms with Crippen LogP contribution >= 0.6 is 11.8 Å². The fourth-order valence-corrected chi connectivity index (χ4v) is 4.32. The number of nitrogens with one attached hydrogen (secondary N) is 1. The predicted octanol–water partition coefficient (Wildman–Crippen LogP) is 4.62. The molecule has 0 radical (unpaired) electrons. The van der Waals surface area contributed by atoms with Crippen molar-refractivity contribution in [2.45, 2.75) is 25.9 Å². The minimum atomic E-state index is -0.268. The first kappa shape index (κ1) is 24.3. The lowest BCUT2D eigenvalue weighted by Crippen LogP contribution is -2.23. The summed E-state index contributed by atoms with van der Waals surface area (Å²) in [7, 11) is 0. The molecule has 2 aromatic heterocycles. The summed E-state index contributed by atoms with van der Waals surface area (Å²) in [4.78, 5) is 35.3. The highest BCUT2D eigenvalue weighted by atomic mass is 32.2. The van der Waals surface area contributed by atoms with Crippen molar-refractivity contribution in [1.29, 1.82) is 0 Å². The predicted molar refractivity (Wildman–Crippen MR) is 138 cm³/mol. The van der Waals surface area contributed by atoms with Crippen molar-refractivity contribution < 1.29 is 14.3 Å². The number of para-hydroxylation sites is 1. The monoisotopic (exact) mass is 490 g/mol. The lowest BCUT2D eigenvalue weighted by Gasteiger charge is -2.14. The van der Waals surface area contributed by atoms with Crippen LogP contribution in [-0.2, 0) is 4.79 Å². The zero-order chi connectivity index (χ0) is 24.8. The molecule has 4 aromatic rings. The molecule has 0 aliphatic heterocycles. The molecule has 1 N–H and O–H groups in total. The molecule has 0 saturated carbocycles. The second-order valence-electron chi connectivity index (χ2n) is 7.60. The summed E-state index contributed by atoms with van der Waals surface area (Å²) in [6.07, 6.45) is 1.65. The van der Waals surface area contributed by atoms with Crippen LogP contribution in [0.3, 0.4) is 0 Å². The molecule has 4 rings (SSSR count). The number of carbonyl (C=O) groups excluding carboxylic acids is 1. The molecule has 35 heavy (non-hydrogen) atoms. The van der Waals surface area contributed by atoms with Crippen LogP contribution in [-0.4, -0.2) is 39.4 Å². The van der Waals surface area contributed by atoms with E-state index in [2.05, 4.69) is 15.3 Å². The Hall–Kier alpha value is -3.85. The Morgan fingerprint density at radius 2 is 1.86 bits per heavy atom. The van der Waals surface area contributed by atoms with E-state index in [4.69, 9.17) is 9.47 Å². The van der Waals surface area contributed by atoms with Gasteiger partial charge in [0.1, 0.15) is 17.3 Å². The lowest BCUT2D eigenvalue weighted by atomic mass is 10.2. The SMILES string of the molecule is CCOc1ccc(OCC)c(NC(=O)CSc2nc3ccccc3c(=O)n2-c2cc(C)ccn2)c1. The van der Waals surface area contributed by atoms with Gasteiger partial charge >= 0.3 is 0 Å². The summed E-state index contributed by atoms with van der Waals surface area (Å²) in [6, 6.07) is 16.1. The quantitative estimate of drug-likeness (QED) is 0.270. The van der Waals surface area contributed by atoms with Crippen molar-refractivity contribution in [1.82, 2.24) is 14.5 Å². The van der Waals surface area contributed by atoms with E-state index in [1.807, 2.05) is 39.0 Å². The number of ether oxygens (including phenoxy) is 2. The highest BCUT2D eigenvalue weighted by Gasteiger charge is 2.17. The summed E-state index contributed by atoms with van der Waals surface area (Å²) in [5, 5.41) is 3.76. The number of aryl methyl sites for hydroxylation is 1. The van der Waals surface area contributed by atoms with Gasteiger partial charge in [0.15, 0.2) is 5.16 Å². The number of aromatic nitrogens is 3. The smallest absolute Gasteiger partial charge is 0.267 e. The van der Waals surface area contributed by atoms with Gasteiger partial charge in [-0.3, -0.25) is 9.59 Å². The van der Waals surface area contributed by atoms with Crippen LogP contribution in [0.4, 0.5) is 5.69 Å². The Morgan fingerprint density at radius 3 is 2.63 bits per heavy atom. The van der Waals surface area contributed by atoms with Gasteiger partial charge < -0.3 is 14.8 Å². The normalized spacial score (nSPS) is 10.8. The maximum absolute atomic E-state index is 13.4. The Labute approximate surface area is 207 Å². The van der Waals surface area contributed by atoms with Crippen molar-refractivity contribution in [3.63, 3.8) is 0 Å². The van der Waals surface area contributed by atoms with Gasteiger partial charge in [0.25, 0.3) is 5.56 Å². The van der Waals surface area contributed by atoms with E-state index in [-0.39, 0.29) is 17.2 Å². The summed E-state index contributed by atoms with van der Waals surface area (Å²) in [5.74, 6) is 1.41. The molecule has 0 aliphatic carbocycles. The average molecular weight is 491 g/mol. The van der Waals surface area contributed by atoms with Gasteiger partial charge in [0.05, 0.1) is 35.6 Å². The third kappa shape index (κ3) is 5.63. The first-order valence-electron chi connectivity index (χ1n) is 11.3. The van der Waals surface area contributed by atoms with Gasteiger partial charge in [0, 0.05) is 12.3 Å². The zero-order valence-electron chi connectivity index (χ0n) is 19.8. The maximum atomic E-state index is 13.4. The van der Waals surface area contributed by atoms with Crippen LogP contribution in [0.1, 0.15) is 19.4 Å². The maximum Gasteiger partial charge on any atom is 0.267 e. The fourth-order valence-electron chi connectivity index (χ4n) is 3.51. The molecule has 0 atom stereocenters. The van der Waals surface area contributed by atoms with Gasteiger partial charge in [-0.15, -0.1) is 0 Å². The zero-order valence-corrected chi connectivity index (χ0v) is 20.6. The molecule has 2 aromatic carbocycles. The molecule has 0 bridgehead atoms. The third-order valence-electron chi connectivity index (χ3n) is 5.04. The van der Waals surface area contributed by atoms with Gasteiger partial charge in [-0.2, -0.15) is 0 Å². The number of thioether (sulfide) groups is 1. The van der Waals surface area contributed by atoms with Crippen LogP contribution in [0.15, 0.2) is 70.7 Å². The number of amides is 1. The molecule has 0 spiro atoms. The molecule has 0 fully saturated rings. The van der Waals surface area contributed by atoms with E-state index in [0.717, 1.165) is 5.56 Å². The number of carbonyl (C=O) groups is 1. The highest BCUT2D eigenvalue weighted by molar-refractivity contribution is 7.99. The standard InChI is InChI=1S/C26H26N4O4S/c1-4-33-18-10-11-22(34-5-2)21(15-18)28-24(31)16-35-26-29-20-9-7-6-8-19(20)25(32)30(26)23-14-17(3)12-13-27-23/h6-15H,4-5,16H2,1-3H3,(H,28,31). The number of hydrogen-bond acceptors (Lipinski definition) is 7. The largest absolute Gasteiger partial charge is 0.494 e. The van der Waals surface area contributed by atoms with Crippen LogP contribution in [0.25, 0.3) is 16.7 Å². The third-order valence-corrected chi connectivity index (χ3v) is 5.98. The summed E-state index contributed by atoms with van der Waals surface area (Å²) < 4.78 is 12.6. The molecule has 2 heterocycles. The summed E-state index contributed by atoms with van der Waals surface area (Å²) >= 11 is 1.17. The van der Waals surface area contributed by atoms with Crippen molar-refractivity contribution in [2.24, 2.45) is 0 Å². The first-order valence-corrected chi connectivity index (χ1v) is 12.3. The van der Waals surface area contributed by atoms with Gasteiger partial charge in [-0.05, 0) is 62.7 Å². The summed E-state index contributed by atoms with van der Waals surface area (Å²) in [6.45, 7) is 6.67. The Bertz CT molecular complexity index is 1420. The van der Waals surface area contributed by atoms with Crippen molar-refractivity contribution in [2.75, 3.05) is 24.3 Å². The van der Waals surface area contributed by atoms with E-state index in [1.54, 1.807) is 42.6 Å². The molecule has 0 aliphatic rings. The molecule has 1 amide bonds. The van der Waals surface area contributed by atoms with E-state index < -0.39 is 0 Å². The number of nitrogens with zero attached hydrogens (tertiary/aromatic N) is 3. The van der Waals surface area contributed by atoms with Crippen LogP contribution in [0.5, 0.6) is 11.5 Å². The Balaban J connectivity index is 1.63. The van der Waals surface area contributed by atoms with E-state index in [1.165, 1.54) is 16.3 Å². The van der Waals surface area contributed by atoms with E-state index in [0.29, 0.717) is 52.3 Å². The second kappa shape index (κ2) is 11.1. The first-order chi connectivity index (χ1) is 17.0. The van der Waals surface area contributed by atoms with Crippen LogP contribution < -0.4 is 20.3 Å². The molecular formula is C26H26N4O4S. The second-order valence-corrected chi connectivity index (χ2v) is 8.55.